The molecule has 0 atom stereocenters. The Bertz CT molecular complexity index is 448. The molecule has 0 aliphatic heterocycles. The van der Waals surface area contributed by atoms with Gasteiger partial charge in [-0.3, -0.25) is 0 Å². The molecule has 102 valence electrons. The zero-order valence-electron chi connectivity index (χ0n) is 11.4. The highest BCUT2D eigenvalue weighted by molar-refractivity contribution is 7.99. The van der Waals surface area contributed by atoms with Crippen LogP contribution in [0.3, 0.4) is 0 Å². The maximum atomic E-state index is 3.43. The molecule has 1 heterocycles. The lowest BCUT2D eigenvalue weighted by molar-refractivity contribution is 0.675. The molecule has 0 bridgehead atoms. The standard InChI is InChI=1S/C16H21NS2/c1-2-10-17-13-14-5-7-16(8-6-14)19-12-9-15-4-3-11-18-15/h3-8,11,17H,2,9-10,12-13H2,1H3. The van der Waals surface area contributed by atoms with Crippen molar-refractivity contribution in [3.8, 4) is 0 Å². The molecule has 2 rings (SSSR count). The molecule has 1 nitrogen and oxygen atoms in total. The van der Waals surface area contributed by atoms with Gasteiger partial charge in [-0.15, -0.1) is 23.1 Å². The maximum Gasteiger partial charge on any atom is 0.0205 e. The molecule has 1 N–H and O–H groups in total. The lowest BCUT2D eigenvalue weighted by Crippen LogP contribution is -2.13. The van der Waals surface area contributed by atoms with Gasteiger partial charge in [-0.25, -0.2) is 0 Å². The number of benzene rings is 1. The van der Waals surface area contributed by atoms with Crippen LogP contribution in [0, 0.1) is 0 Å². The summed E-state index contributed by atoms with van der Waals surface area (Å²) in [6.07, 6.45) is 2.36. The summed E-state index contributed by atoms with van der Waals surface area (Å²) >= 11 is 3.79. The summed E-state index contributed by atoms with van der Waals surface area (Å²) in [4.78, 5) is 2.85. The molecule has 0 amide bonds. The van der Waals surface area contributed by atoms with E-state index in [2.05, 4.69) is 54.0 Å². The van der Waals surface area contributed by atoms with Crippen LogP contribution in [0.5, 0.6) is 0 Å². The van der Waals surface area contributed by atoms with Gasteiger partial charge in [0.2, 0.25) is 0 Å². The van der Waals surface area contributed by atoms with Crippen molar-refractivity contribution in [3.63, 3.8) is 0 Å². The summed E-state index contributed by atoms with van der Waals surface area (Å²) in [5.74, 6) is 1.16. The van der Waals surface area contributed by atoms with Crippen LogP contribution in [0.25, 0.3) is 0 Å². The molecule has 0 unspecified atom stereocenters. The van der Waals surface area contributed by atoms with E-state index in [1.807, 2.05) is 23.1 Å². The van der Waals surface area contributed by atoms with Crippen molar-refractivity contribution < 1.29 is 0 Å². The summed E-state index contributed by atoms with van der Waals surface area (Å²) in [5, 5.41) is 5.58. The van der Waals surface area contributed by atoms with Gasteiger partial charge in [0, 0.05) is 22.1 Å². The second-order valence-corrected chi connectivity index (χ2v) is 6.70. The largest absolute Gasteiger partial charge is 0.313 e. The van der Waals surface area contributed by atoms with Gasteiger partial charge in [0.1, 0.15) is 0 Å². The summed E-state index contributed by atoms with van der Waals surface area (Å²) in [5.41, 5.74) is 1.37. The third-order valence-corrected chi connectivity index (χ3v) is 4.83. The van der Waals surface area contributed by atoms with Gasteiger partial charge in [0.25, 0.3) is 0 Å². The molecule has 0 fully saturated rings. The summed E-state index contributed by atoms with van der Waals surface area (Å²) < 4.78 is 0. The molecule has 0 aliphatic rings. The first-order valence-corrected chi connectivity index (χ1v) is 8.70. The smallest absolute Gasteiger partial charge is 0.0205 e. The van der Waals surface area contributed by atoms with Gasteiger partial charge in [-0.05, 0) is 48.5 Å². The predicted molar refractivity (Wildman–Crippen MR) is 87.2 cm³/mol. The van der Waals surface area contributed by atoms with Gasteiger partial charge in [-0.2, -0.15) is 0 Å². The Labute approximate surface area is 124 Å². The summed E-state index contributed by atoms with van der Waals surface area (Å²) in [6, 6.07) is 13.3. The average molecular weight is 291 g/mol. The zero-order valence-corrected chi connectivity index (χ0v) is 13.0. The Morgan fingerprint density at radius 1 is 1.16 bits per heavy atom. The molecule has 0 radical (unpaired) electrons. The van der Waals surface area contributed by atoms with Gasteiger partial charge < -0.3 is 5.32 Å². The maximum absolute atomic E-state index is 3.43. The van der Waals surface area contributed by atoms with Gasteiger partial charge in [0.05, 0.1) is 0 Å². The van der Waals surface area contributed by atoms with Crippen LogP contribution < -0.4 is 5.32 Å². The lowest BCUT2D eigenvalue weighted by atomic mass is 10.2. The van der Waals surface area contributed by atoms with E-state index < -0.39 is 0 Å². The van der Waals surface area contributed by atoms with Gasteiger partial charge >= 0.3 is 0 Å². The Morgan fingerprint density at radius 2 is 2.00 bits per heavy atom. The van der Waals surface area contributed by atoms with E-state index >= 15 is 0 Å². The SMILES string of the molecule is CCCNCc1ccc(SCCc2cccs2)cc1. The molecule has 0 saturated heterocycles. The Hall–Kier alpha value is -0.770. The normalized spacial score (nSPS) is 10.8. The molecule has 3 heteroatoms. The van der Waals surface area contributed by atoms with Crippen molar-refractivity contribution >= 4 is 23.1 Å². The fraction of sp³-hybridized carbons (Fsp3) is 0.375. The highest BCUT2D eigenvalue weighted by atomic mass is 32.2. The van der Waals surface area contributed by atoms with Crippen LogP contribution in [-0.4, -0.2) is 12.3 Å². The molecule has 0 spiro atoms. The van der Waals surface area contributed by atoms with Gasteiger partial charge in [0.15, 0.2) is 0 Å². The average Bonchev–Trinajstić information content (AvgIpc) is 2.94. The summed E-state index contributed by atoms with van der Waals surface area (Å²) in [7, 11) is 0. The second-order valence-electron chi connectivity index (χ2n) is 4.50. The first kappa shape index (κ1) is 14.6. The van der Waals surface area contributed by atoms with E-state index in [9.17, 15) is 0 Å². The van der Waals surface area contributed by atoms with E-state index in [1.165, 1.54) is 28.2 Å². The van der Waals surface area contributed by atoms with Crippen molar-refractivity contribution in [1.82, 2.24) is 5.32 Å². The van der Waals surface area contributed by atoms with Crippen LogP contribution in [-0.2, 0) is 13.0 Å². The third kappa shape index (κ3) is 5.39. The van der Waals surface area contributed by atoms with Crippen LogP contribution in [0.1, 0.15) is 23.8 Å². The van der Waals surface area contributed by atoms with E-state index in [4.69, 9.17) is 0 Å². The van der Waals surface area contributed by atoms with Crippen molar-refractivity contribution in [2.24, 2.45) is 0 Å². The van der Waals surface area contributed by atoms with Crippen molar-refractivity contribution in [2.45, 2.75) is 31.2 Å². The molecule has 1 aromatic heterocycles. The first-order chi connectivity index (χ1) is 9.38. The van der Waals surface area contributed by atoms with Crippen molar-refractivity contribution in [1.29, 1.82) is 0 Å². The van der Waals surface area contributed by atoms with E-state index in [-0.39, 0.29) is 0 Å². The van der Waals surface area contributed by atoms with Crippen molar-refractivity contribution in [2.75, 3.05) is 12.3 Å². The van der Waals surface area contributed by atoms with Crippen LogP contribution >= 0.6 is 23.1 Å². The van der Waals surface area contributed by atoms with Crippen LogP contribution in [0.2, 0.25) is 0 Å². The highest BCUT2D eigenvalue weighted by Crippen LogP contribution is 2.21. The Balaban J connectivity index is 1.72. The van der Waals surface area contributed by atoms with Crippen molar-refractivity contribution in [3.05, 3.63) is 52.2 Å². The van der Waals surface area contributed by atoms with Gasteiger partial charge in [-0.1, -0.05) is 25.1 Å². The lowest BCUT2D eigenvalue weighted by Gasteiger charge is -2.05. The number of hydrogen-bond acceptors (Lipinski definition) is 3. The van der Waals surface area contributed by atoms with E-state index in [1.54, 1.807) is 0 Å². The van der Waals surface area contributed by atoms with E-state index in [0.29, 0.717) is 0 Å². The topological polar surface area (TPSA) is 12.0 Å². The summed E-state index contributed by atoms with van der Waals surface area (Å²) in [6.45, 7) is 4.27. The molecule has 1 aromatic carbocycles. The quantitative estimate of drug-likeness (QED) is 0.564. The highest BCUT2D eigenvalue weighted by Gasteiger charge is 1.98. The number of aryl methyl sites for hydroxylation is 1. The number of thioether (sulfide) groups is 1. The number of rotatable bonds is 8. The minimum absolute atomic E-state index is 0.980. The monoisotopic (exact) mass is 291 g/mol. The number of hydrogen-bond donors (Lipinski definition) is 1. The predicted octanol–water partition coefficient (Wildman–Crippen LogP) is 4.58. The molecule has 0 aliphatic carbocycles. The molecule has 0 saturated carbocycles. The zero-order chi connectivity index (χ0) is 13.3. The third-order valence-electron chi connectivity index (χ3n) is 2.88. The fourth-order valence-corrected chi connectivity index (χ4v) is 3.56. The van der Waals surface area contributed by atoms with E-state index in [0.717, 1.165) is 18.8 Å². The molecular formula is C16H21NS2. The molecule has 19 heavy (non-hydrogen) atoms. The Kier molecular flexibility index (Phi) is 6.48. The Morgan fingerprint density at radius 3 is 2.68 bits per heavy atom. The first-order valence-electron chi connectivity index (χ1n) is 6.83. The molecular weight excluding hydrogens is 270 g/mol. The molecule has 2 aromatic rings. The fourth-order valence-electron chi connectivity index (χ4n) is 1.84. The second kappa shape index (κ2) is 8.41. The minimum atomic E-state index is 0.980. The minimum Gasteiger partial charge on any atom is -0.313 e. The number of nitrogens with one attached hydrogen (secondary N) is 1. The number of thiophene rings is 1. The van der Waals surface area contributed by atoms with Crippen LogP contribution in [0.15, 0.2) is 46.7 Å². The van der Waals surface area contributed by atoms with Crippen LogP contribution in [0.4, 0.5) is 0 Å².